The van der Waals surface area contributed by atoms with Gasteiger partial charge in [-0.2, -0.15) is 0 Å². The van der Waals surface area contributed by atoms with Gasteiger partial charge in [-0.05, 0) is 18.6 Å². The number of anilines is 2. The lowest BCUT2D eigenvalue weighted by Crippen LogP contribution is -2.20. The molecule has 2 heterocycles. The third kappa shape index (κ3) is 1.76. The monoisotopic (exact) mass is 247 g/mol. The number of hydrogen-bond acceptors (Lipinski definition) is 4. The predicted octanol–water partition coefficient (Wildman–Crippen LogP) is 0.457. The lowest BCUT2D eigenvalue weighted by atomic mass is 10.1. The van der Waals surface area contributed by atoms with Gasteiger partial charge in [0.15, 0.2) is 0 Å². The topological polar surface area (TPSA) is 78.6 Å². The number of rotatable bonds is 2. The number of amides is 1. The van der Waals surface area contributed by atoms with E-state index in [1.807, 2.05) is 18.2 Å². The van der Waals surface area contributed by atoms with Crippen LogP contribution in [-0.2, 0) is 4.79 Å². The Hall–Kier alpha value is -1.59. The molecule has 2 unspecified atom stereocenters. The van der Waals surface area contributed by atoms with Crippen molar-refractivity contribution in [3.05, 3.63) is 23.8 Å². The molecule has 1 fully saturated rings. The van der Waals surface area contributed by atoms with Crippen LogP contribution in [0.5, 0.6) is 0 Å². The van der Waals surface area contributed by atoms with Crippen LogP contribution in [-0.4, -0.2) is 30.7 Å². The Morgan fingerprint density at radius 2 is 2.33 bits per heavy atom. The first-order valence-corrected chi connectivity index (χ1v) is 6.25. The first kappa shape index (κ1) is 11.5. The van der Waals surface area contributed by atoms with E-state index in [1.165, 1.54) is 0 Å². The van der Waals surface area contributed by atoms with Crippen LogP contribution < -0.4 is 16.0 Å². The van der Waals surface area contributed by atoms with Gasteiger partial charge in [-0.25, -0.2) is 0 Å². The summed E-state index contributed by atoms with van der Waals surface area (Å²) in [6, 6.07) is 5.34. The van der Waals surface area contributed by atoms with E-state index >= 15 is 0 Å². The van der Waals surface area contributed by atoms with E-state index in [0.29, 0.717) is 5.92 Å². The highest BCUT2D eigenvalue weighted by molar-refractivity contribution is 6.02. The minimum atomic E-state index is -0.544. The van der Waals surface area contributed by atoms with Gasteiger partial charge < -0.3 is 21.1 Å². The van der Waals surface area contributed by atoms with E-state index in [1.54, 1.807) is 0 Å². The predicted molar refractivity (Wildman–Crippen MR) is 69.4 cm³/mol. The molecule has 2 aliphatic heterocycles. The van der Waals surface area contributed by atoms with Crippen molar-refractivity contribution in [2.75, 3.05) is 29.9 Å². The number of benzene rings is 1. The van der Waals surface area contributed by atoms with Crippen LogP contribution in [0.3, 0.4) is 0 Å². The molecule has 4 N–H and O–H groups in total. The second kappa shape index (κ2) is 4.26. The van der Waals surface area contributed by atoms with Crippen LogP contribution in [0.1, 0.15) is 18.0 Å². The van der Waals surface area contributed by atoms with Gasteiger partial charge in [0, 0.05) is 42.6 Å². The molecule has 1 amide bonds. The van der Waals surface area contributed by atoms with Crippen molar-refractivity contribution in [3.8, 4) is 0 Å². The molecule has 96 valence electrons. The molecule has 0 aliphatic carbocycles. The van der Waals surface area contributed by atoms with Crippen molar-refractivity contribution in [3.63, 3.8) is 0 Å². The maximum absolute atomic E-state index is 11.5. The quantitative estimate of drug-likeness (QED) is 0.709. The fraction of sp³-hybridized carbons (Fsp3) is 0.462. The maximum Gasteiger partial charge on any atom is 0.245 e. The molecule has 5 heteroatoms. The van der Waals surface area contributed by atoms with Gasteiger partial charge in [-0.3, -0.25) is 4.79 Å². The average Bonchev–Trinajstić information content (AvgIpc) is 2.95. The summed E-state index contributed by atoms with van der Waals surface area (Å²) < 4.78 is 0. The summed E-state index contributed by atoms with van der Waals surface area (Å²) in [6.07, 6.45) is 1.01. The van der Waals surface area contributed by atoms with E-state index in [0.717, 1.165) is 36.4 Å². The molecule has 1 saturated heterocycles. The molecule has 2 aliphatic rings. The van der Waals surface area contributed by atoms with Crippen molar-refractivity contribution in [2.24, 2.45) is 11.7 Å². The molecule has 0 saturated carbocycles. The first-order chi connectivity index (χ1) is 8.69. The number of aliphatic hydroxyl groups is 1. The third-order valence-corrected chi connectivity index (χ3v) is 3.82. The lowest BCUT2D eigenvalue weighted by Gasteiger charge is -2.19. The number of fused-ring (bicyclic) bond motifs is 1. The Bertz CT molecular complexity index is 489. The number of nitrogens with one attached hydrogen (secondary N) is 1. The Morgan fingerprint density at radius 1 is 1.50 bits per heavy atom. The molecule has 3 rings (SSSR count). The Morgan fingerprint density at radius 3 is 3.06 bits per heavy atom. The van der Waals surface area contributed by atoms with Gasteiger partial charge in [0.25, 0.3) is 0 Å². The molecule has 0 radical (unpaired) electrons. The molecule has 1 aromatic rings. The number of carbonyl (C=O) groups excluding carboxylic acids is 1. The zero-order valence-corrected chi connectivity index (χ0v) is 10.1. The van der Waals surface area contributed by atoms with E-state index in [2.05, 4.69) is 10.2 Å². The normalized spacial score (nSPS) is 26.3. The summed E-state index contributed by atoms with van der Waals surface area (Å²) in [5.74, 6) is 0.215. The second-order valence-electron chi connectivity index (χ2n) is 5.02. The molecule has 5 nitrogen and oxygen atoms in total. The molecular weight excluding hydrogens is 230 g/mol. The maximum atomic E-state index is 11.5. The number of nitrogens with zero attached hydrogens (tertiary/aromatic N) is 1. The van der Waals surface area contributed by atoms with Crippen molar-refractivity contribution in [2.45, 2.75) is 12.5 Å². The number of aliphatic hydroxyl groups excluding tert-OH is 1. The number of nitrogens with two attached hydrogens (primary N) is 1. The summed E-state index contributed by atoms with van der Waals surface area (Å²) in [6.45, 7) is 2.06. The van der Waals surface area contributed by atoms with Gasteiger partial charge in [0.1, 0.15) is 6.04 Å². The van der Waals surface area contributed by atoms with E-state index < -0.39 is 6.04 Å². The highest BCUT2D eigenvalue weighted by atomic mass is 16.3. The summed E-state index contributed by atoms with van der Waals surface area (Å²) >= 11 is 0. The average molecular weight is 247 g/mol. The highest BCUT2D eigenvalue weighted by Crippen LogP contribution is 2.34. The first-order valence-electron chi connectivity index (χ1n) is 6.25. The van der Waals surface area contributed by atoms with Crippen molar-refractivity contribution < 1.29 is 9.90 Å². The fourth-order valence-corrected chi connectivity index (χ4v) is 2.69. The highest BCUT2D eigenvalue weighted by Gasteiger charge is 2.28. The van der Waals surface area contributed by atoms with Crippen molar-refractivity contribution in [1.29, 1.82) is 0 Å². The Kier molecular flexibility index (Phi) is 2.72. The Labute approximate surface area is 106 Å². The SMILES string of the molecule is NC1C(=O)Nc2cc(N3CCC(CO)C3)ccc21. The lowest BCUT2D eigenvalue weighted by molar-refractivity contribution is -0.116. The van der Waals surface area contributed by atoms with Crippen LogP contribution in [0.2, 0.25) is 0 Å². The van der Waals surface area contributed by atoms with Crippen molar-refractivity contribution >= 4 is 17.3 Å². The molecule has 18 heavy (non-hydrogen) atoms. The smallest absolute Gasteiger partial charge is 0.245 e. The molecule has 1 aromatic carbocycles. The summed E-state index contributed by atoms with van der Waals surface area (Å²) in [7, 11) is 0. The molecular formula is C13H17N3O2. The molecule has 2 atom stereocenters. The molecule has 0 bridgehead atoms. The van der Waals surface area contributed by atoms with E-state index in [4.69, 9.17) is 10.8 Å². The van der Waals surface area contributed by atoms with Gasteiger partial charge >= 0.3 is 0 Å². The zero-order valence-electron chi connectivity index (χ0n) is 10.1. The second-order valence-corrected chi connectivity index (χ2v) is 5.02. The van der Waals surface area contributed by atoms with Crippen molar-refractivity contribution in [1.82, 2.24) is 0 Å². The number of carbonyl (C=O) groups is 1. The van der Waals surface area contributed by atoms with Crippen LogP contribution in [0.25, 0.3) is 0 Å². The minimum Gasteiger partial charge on any atom is -0.396 e. The van der Waals surface area contributed by atoms with E-state index in [9.17, 15) is 4.79 Å². The summed E-state index contributed by atoms with van der Waals surface area (Å²) in [5.41, 5.74) is 8.54. The van der Waals surface area contributed by atoms with Crippen LogP contribution >= 0.6 is 0 Å². The summed E-state index contributed by atoms with van der Waals surface area (Å²) in [4.78, 5) is 13.7. The van der Waals surface area contributed by atoms with Gasteiger partial charge in [-0.15, -0.1) is 0 Å². The zero-order chi connectivity index (χ0) is 12.7. The summed E-state index contributed by atoms with van der Waals surface area (Å²) in [5, 5.41) is 12.0. The van der Waals surface area contributed by atoms with Gasteiger partial charge in [0.2, 0.25) is 5.91 Å². The number of hydrogen-bond donors (Lipinski definition) is 3. The van der Waals surface area contributed by atoms with Gasteiger partial charge in [-0.1, -0.05) is 6.07 Å². The fourth-order valence-electron chi connectivity index (χ4n) is 2.69. The molecule has 0 aromatic heterocycles. The standard InChI is InChI=1S/C13H17N3O2/c14-12-10-2-1-9(5-11(10)15-13(12)18)16-4-3-8(6-16)7-17/h1-2,5,8,12,17H,3-4,6-7,14H2,(H,15,18). The van der Waals surface area contributed by atoms with Gasteiger partial charge in [0.05, 0.1) is 0 Å². The minimum absolute atomic E-state index is 0.142. The van der Waals surface area contributed by atoms with Crippen LogP contribution in [0, 0.1) is 5.92 Å². The Balaban J connectivity index is 1.84. The largest absolute Gasteiger partial charge is 0.396 e. The van der Waals surface area contributed by atoms with Crippen LogP contribution in [0.4, 0.5) is 11.4 Å². The third-order valence-electron chi connectivity index (χ3n) is 3.82. The van der Waals surface area contributed by atoms with E-state index in [-0.39, 0.29) is 12.5 Å². The molecule has 0 spiro atoms. The van der Waals surface area contributed by atoms with Crippen LogP contribution in [0.15, 0.2) is 18.2 Å².